The van der Waals surface area contributed by atoms with Gasteiger partial charge in [-0.1, -0.05) is 29.4 Å². The second kappa shape index (κ2) is 10.0. The normalized spacial score (nSPS) is 11.5. The summed E-state index contributed by atoms with van der Waals surface area (Å²) in [6, 6.07) is 11.9. The third kappa shape index (κ3) is 5.32. The number of rotatable bonds is 9. The number of methoxy groups -OCH3 is 2. The maximum Gasteiger partial charge on any atom is 0.246 e. The summed E-state index contributed by atoms with van der Waals surface area (Å²) in [4.78, 5) is 18.3. The van der Waals surface area contributed by atoms with E-state index in [2.05, 4.69) is 10.1 Å². The predicted octanol–water partition coefficient (Wildman–Crippen LogP) is 2.34. The molecule has 0 bridgehead atoms. The van der Waals surface area contributed by atoms with Gasteiger partial charge in [-0.3, -0.25) is 4.79 Å². The van der Waals surface area contributed by atoms with Gasteiger partial charge in [0.1, 0.15) is 0 Å². The average Bonchev–Trinajstić information content (AvgIpc) is 3.26. The van der Waals surface area contributed by atoms with E-state index in [1.165, 1.54) is 51.4 Å². The van der Waals surface area contributed by atoms with E-state index in [0.717, 1.165) is 15.4 Å². The zero-order valence-electron chi connectivity index (χ0n) is 19.1. The predicted molar refractivity (Wildman–Crippen MR) is 120 cm³/mol. The number of aromatic nitrogens is 2. The number of likely N-dealkylation sites (N-methyl/N-ethyl adjacent to an activating group) is 2. The number of amides is 1. The number of benzene rings is 2. The SMILES string of the molecule is COc1ccc(S(=O)(=O)N(C)CC(=O)N(C)Cc2nc(-c3ccccc3C)no2)cc1OC. The summed E-state index contributed by atoms with van der Waals surface area (Å²) in [6.07, 6.45) is 0. The first kappa shape index (κ1) is 24.2. The van der Waals surface area contributed by atoms with Crippen LogP contribution in [0.5, 0.6) is 11.5 Å². The molecule has 0 saturated carbocycles. The van der Waals surface area contributed by atoms with Crippen molar-refractivity contribution in [2.24, 2.45) is 0 Å². The molecule has 2 aromatic carbocycles. The summed E-state index contributed by atoms with van der Waals surface area (Å²) in [5.74, 6) is 0.916. The second-order valence-electron chi connectivity index (χ2n) is 7.35. The zero-order valence-corrected chi connectivity index (χ0v) is 19.9. The maximum atomic E-state index is 12.9. The van der Waals surface area contributed by atoms with Crippen LogP contribution in [0.25, 0.3) is 11.4 Å². The number of hydrogen-bond acceptors (Lipinski definition) is 8. The minimum absolute atomic E-state index is 0.0159. The molecule has 0 radical (unpaired) electrons. The van der Waals surface area contributed by atoms with Crippen LogP contribution >= 0.6 is 0 Å². The smallest absolute Gasteiger partial charge is 0.246 e. The van der Waals surface area contributed by atoms with Crippen LogP contribution in [0.2, 0.25) is 0 Å². The number of carbonyl (C=O) groups is 1. The molecule has 0 atom stereocenters. The highest BCUT2D eigenvalue weighted by molar-refractivity contribution is 7.89. The highest BCUT2D eigenvalue weighted by atomic mass is 32.2. The summed E-state index contributed by atoms with van der Waals surface area (Å²) >= 11 is 0. The van der Waals surface area contributed by atoms with Crippen molar-refractivity contribution in [1.82, 2.24) is 19.3 Å². The summed E-state index contributed by atoms with van der Waals surface area (Å²) in [5, 5.41) is 3.98. The fourth-order valence-electron chi connectivity index (χ4n) is 3.10. The van der Waals surface area contributed by atoms with Crippen molar-refractivity contribution in [3.63, 3.8) is 0 Å². The Morgan fingerprint density at radius 1 is 1.06 bits per heavy atom. The van der Waals surface area contributed by atoms with Gasteiger partial charge in [-0.15, -0.1) is 0 Å². The third-order valence-corrected chi connectivity index (χ3v) is 6.87. The van der Waals surface area contributed by atoms with Gasteiger partial charge in [0.25, 0.3) is 0 Å². The van der Waals surface area contributed by atoms with E-state index in [4.69, 9.17) is 14.0 Å². The molecule has 10 nitrogen and oxygen atoms in total. The number of sulfonamides is 1. The molecule has 0 saturated heterocycles. The van der Waals surface area contributed by atoms with Crippen molar-refractivity contribution in [2.75, 3.05) is 34.9 Å². The lowest BCUT2D eigenvalue weighted by Gasteiger charge is -2.21. The van der Waals surface area contributed by atoms with Gasteiger partial charge in [0.2, 0.25) is 27.6 Å². The summed E-state index contributed by atoms with van der Waals surface area (Å²) in [7, 11) is 1.81. The van der Waals surface area contributed by atoms with Crippen molar-refractivity contribution >= 4 is 15.9 Å². The molecule has 176 valence electrons. The van der Waals surface area contributed by atoms with Crippen LogP contribution in [-0.2, 0) is 21.4 Å². The molecule has 11 heteroatoms. The minimum Gasteiger partial charge on any atom is -0.493 e. The van der Waals surface area contributed by atoms with Crippen molar-refractivity contribution in [3.8, 4) is 22.9 Å². The first-order chi connectivity index (χ1) is 15.7. The van der Waals surface area contributed by atoms with E-state index < -0.39 is 15.9 Å². The van der Waals surface area contributed by atoms with Gasteiger partial charge in [0, 0.05) is 25.7 Å². The number of aryl methyl sites for hydroxylation is 1. The van der Waals surface area contributed by atoms with Gasteiger partial charge in [0.05, 0.1) is 32.2 Å². The first-order valence-corrected chi connectivity index (χ1v) is 11.4. The Hall–Kier alpha value is -3.44. The Kier molecular flexibility index (Phi) is 7.34. The second-order valence-corrected chi connectivity index (χ2v) is 9.40. The standard InChI is InChI=1S/C22H26N4O6S/c1-15-8-6-7-9-17(15)22-23-20(32-24-22)13-25(2)21(27)14-26(3)33(28,29)16-10-11-18(30-4)19(12-16)31-5/h6-12H,13-14H2,1-5H3. The molecule has 3 rings (SSSR count). The number of hydrogen-bond donors (Lipinski definition) is 0. The lowest BCUT2D eigenvalue weighted by molar-refractivity contribution is -0.130. The highest BCUT2D eigenvalue weighted by Crippen LogP contribution is 2.30. The zero-order chi connectivity index (χ0) is 24.2. The monoisotopic (exact) mass is 474 g/mol. The van der Waals surface area contributed by atoms with Crippen molar-refractivity contribution in [1.29, 1.82) is 0 Å². The van der Waals surface area contributed by atoms with Gasteiger partial charge < -0.3 is 18.9 Å². The highest BCUT2D eigenvalue weighted by Gasteiger charge is 2.26. The number of ether oxygens (including phenoxy) is 2. The quantitative estimate of drug-likeness (QED) is 0.464. The Balaban J connectivity index is 1.68. The molecule has 0 aliphatic carbocycles. The Morgan fingerprint density at radius 2 is 1.76 bits per heavy atom. The minimum atomic E-state index is -3.94. The molecule has 1 amide bonds. The van der Waals surface area contributed by atoms with Crippen LogP contribution < -0.4 is 9.47 Å². The molecule has 1 heterocycles. The van der Waals surface area contributed by atoms with Gasteiger partial charge in [0.15, 0.2) is 11.5 Å². The Bertz CT molecular complexity index is 1240. The topological polar surface area (TPSA) is 115 Å². The van der Waals surface area contributed by atoms with Gasteiger partial charge in [-0.2, -0.15) is 9.29 Å². The average molecular weight is 475 g/mol. The van der Waals surface area contributed by atoms with E-state index in [1.54, 1.807) is 0 Å². The number of carbonyl (C=O) groups excluding carboxylic acids is 1. The molecular weight excluding hydrogens is 448 g/mol. The molecular formula is C22H26N4O6S. The molecule has 0 aliphatic rings. The molecule has 0 fully saturated rings. The van der Waals surface area contributed by atoms with Crippen LogP contribution in [-0.4, -0.2) is 68.5 Å². The lowest BCUT2D eigenvalue weighted by atomic mass is 10.1. The molecule has 3 aromatic rings. The van der Waals surface area contributed by atoms with Crippen LogP contribution in [0, 0.1) is 6.92 Å². The maximum absolute atomic E-state index is 12.9. The fraction of sp³-hybridized carbons (Fsp3) is 0.318. The van der Waals surface area contributed by atoms with Crippen LogP contribution in [0.3, 0.4) is 0 Å². The van der Waals surface area contributed by atoms with E-state index in [-0.39, 0.29) is 29.6 Å². The van der Waals surface area contributed by atoms with E-state index in [1.807, 2.05) is 31.2 Å². The van der Waals surface area contributed by atoms with Crippen molar-refractivity contribution < 1.29 is 27.2 Å². The van der Waals surface area contributed by atoms with E-state index in [9.17, 15) is 13.2 Å². The summed E-state index contributed by atoms with van der Waals surface area (Å²) in [6.45, 7) is 1.61. The Labute approximate surface area is 192 Å². The van der Waals surface area contributed by atoms with Crippen LogP contribution in [0.4, 0.5) is 0 Å². The molecule has 0 spiro atoms. The summed E-state index contributed by atoms with van der Waals surface area (Å²) < 4.78 is 42.4. The lowest BCUT2D eigenvalue weighted by Crippen LogP contribution is -2.39. The van der Waals surface area contributed by atoms with Crippen molar-refractivity contribution in [2.45, 2.75) is 18.4 Å². The van der Waals surface area contributed by atoms with Gasteiger partial charge >= 0.3 is 0 Å². The molecule has 0 aliphatic heterocycles. The van der Waals surface area contributed by atoms with E-state index in [0.29, 0.717) is 11.6 Å². The van der Waals surface area contributed by atoms with Gasteiger partial charge in [-0.25, -0.2) is 8.42 Å². The van der Waals surface area contributed by atoms with E-state index >= 15 is 0 Å². The van der Waals surface area contributed by atoms with Gasteiger partial charge in [-0.05, 0) is 24.6 Å². The van der Waals surface area contributed by atoms with Crippen molar-refractivity contribution in [3.05, 3.63) is 53.9 Å². The Morgan fingerprint density at radius 3 is 2.42 bits per heavy atom. The third-order valence-electron chi connectivity index (χ3n) is 5.07. The van der Waals surface area contributed by atoms with Crippen LogP contribution in [0.15, 0.2) is 51.9 Å². The molecule has 1 aromatic heterocycles. The first-order valence-electron chi connectivity index (χ1n) is 9.98. The largest absolute Gasteiger partial charge is 0.493 e. The summed E-state index contributed by atoms with van der Waals surface area (Å²) in [5.41, 5.74) is 1.83. The van der Waals surface area contributed by atoms with Crippen LogP contribution in [0.1, 0.15) is 11.5 Å². The fourth-order valence-corrected chi connectivity index (χ4v) is 4.23. The molecule has 33 heavy (non-hydrogen) atoms. The molecule has 0 unspecified atom stereocenters. The number of nitrogens with zero attached hydrogens (tertiary/aromatic N) is 4. The molecule has 0 N–H and O–H groups in total.